The van der Waals surface area contributed by atoms with Crippen molar-refractivity contribution in [3.8, 4) is 0 Å². The average molecular weight is 363 g/mol. The zero-order valence-corrected chi connectivity index (χ0v) is 15.8. The topological polar surface area (TPSA) is 74.6 Å². The zero-order valence-electron chi connectivity index (χ0n) is 15.8. The molecule has 0 heterocycles. The monoisotopic (exact) mass is 362 g/mol. The van der Waals surface area contributed by atoms with Crippen molar-refractivity contribution >= 4 is 11.8 Å². The van der Waals surface area contributed by atoms with Crippen LogP contribution in [-0.4, -0.2) is 28.1 Å². The summed E-state index contributed by atoms with van der Waals surface area (Å²) in [6.07, 6.45) is 15.2. The second-order valence-corrected chi connectivity index (χ2v) is 8.83. The van der Waals surface area contributed by atoms with E-state index in [1.54, 1.807) is 0 Å². The van der Waals surface area contributed by atoms with Crippen LogP contribution >= 0.6 is 0 Å². The average Bonchev–Trinajstić information content (AvgIpc) is 3.08. The van der Waals surface area contributed by atoms with Gasteiger partial charge in [0, 0.05) is 18.8 Å². The lowest BCUT2D eigenvalue weighted by Crippen LogP contribution is -2.18. The maximum atomic E-state index is 12.2. The number of carbonyl (C=O) groups excluding carboxylic acids is 1. The molecule has 26 heavy (non-hydrogen) atoms. The summed E-state index contributed by atoms with van der Waals surface area (Å²) in [5.41, 5.74) is 0. The van der Waals surface area contributed by atoms with Gasteiger partial charge in [-0.2, -0.15) is 0 Å². The standard InChI is InChI=1S/C22H34O4/c23-20(18-13-16-7-8-17(16)14-18)11-9-15-10-12-21(24)19(15)5-3-1-2-4-6-22(25)26/h9,11,15-20,23H,1-8,10,12-14H2,(H,25,26)/b11-9+. The summed E-state index contributed by atoms with van der Waals surface area (Å²) >= 11 is 0. The van der Waals surface area contributed by atoms with Crippen molar-refractivity contribution in [3.05, 3.63) is 12.2 Å². The molecule has 0 bridgehead atoms. The van der Waals surface area contributed by atoms with Gasteiger partial charge in [-0.3, -0.25) is 9.59 Å². The highest BCUT2D eigenvalue weighted by Gasteiger charge is 2.42. The molecule has 3 saturated carbocycles. The van der Waals surface area contributed by atoms with E-state index >= 15 is 0 Å². The Bertz CT molecular complexity index is 514. The number of Topliss-reactive ketones (excluding diaryl/α,β-unsaturated/α-hetero) is 1. The van der Waals surface area contributed by atoms with Crippen LogP contribution in [0, 0.1) is 29.6 Å². The van der Waals surface area contributed by atoms with Gasteiger partial charge in [-0.1, -0.05) is 31.4 Å². The predicted octanol–water partition coefficient (Wildman–Crippen LogP) is 4.36. The Morgan fingerprint density at radius 2 is 1.77 bits per heavy atom. The molecular weight excluding hydrogens is 328 g/mol. The zero-order chi connectivity index (χ0) is 18.5. The highest BCUT2D eigenvalue weighted by atomic mass is 16.4. The van der Waals surface area contributed by atoms with E-state index in [1.165, 1.54) is 25.7 Å². The molecule has 5 unspecified atom stereocenters. The van der Waals surface area contributed by atoms with Crippen LogP contribution in [0.1, 0.15) is 77.0 Å². The van der Waals surface area contributed by atoms with Crippen molar-refractivity contribution in [2.75, 3.05) is 0 Å². The number of aliphatic hydroxyl groups excluding tert-OH is 1. The van der Waals surface area contributed by atoms with Gasteiger partial charge >= 0.3 is 5.97 Å². The van der Waals surface area contributed by atoms with E-state index < -0.39 is 5.97 Å². The first-order valence-electron chi connectivity index (χ1n) is 10.7. The summed E-state index contributed by atoms with van der Waals surface area (Å²) in [6, 6.07) is 0. The molecule has 4 heteroatoms. The summed E-state index contributed by atoms with van der Waals surface area (Å²) in [7, 11) is 0. The van der Waals surface area contributed by atoms with Crippen LogP contribution in [-0.2, 0) is 9.59 Å². The molecule has 3 aliphatic rings. The third-order valence-electron chi connectivity index (χ3n) is 7.13. The Hall–Kier alpha value is -1.16. The third kappa shape index (κ3) is 4.97. The minimum absolute atomic E-state index is 0.109. The molecule has 2 N–H and O–H groups in total. The van der Waals surface area contributed by atoms with Crippen LogP contribution < -0.4 is 0 Å². The summed E-state index contributed by atoms with van der Waals surface area (Å²) in [4.78, 5) is 22.7. The highest BCUT2D eigenvalue weighted by molar-refractivity contribution is 5.83. The molecule has 0 saturated heterocycles. The molecular formula is C22H34O4. The van der Waals surface area contributed by atoms with Gasteiger partial charge in [0.25, 0.3) is 0 Å². The van der Waals surface area contributed by atoms with Crippen LogP contribution in [0.3, 0.4) is 0 Å². The number of hydrogen-bond acceptors (Lipinski definition) is 3. The smallest absolute Gasteiger partial charge is 0.303 e. The van der Waals surface area contributed by atoms with Gasteiger partial charge in [0.2, 0.25) is 0 Å². The molecule has 3 rings (SSSR count). The van der Waals surface area contributed by atoms with Gasteiger partial charge in [-0.15, -0.1) is 0 Å². The Morgan fingerprint density at radius 1 is 1.08 bits per heavy atom. The minimum atomic E-state index is -0.727. The molecule has 0 aromatic carbocycles. The number of aliphatic carboxylic acids is 1. The lowest BCUT2D eigenvalue weighted by Gasteiger charge is -2.29. The third-order valence-corrected chi connectivity index (χ3v) is 7.13. The number of aliphatic hydroxyl groups is 1. The molecule has 5 atom stereocenters. The van der Waals surface area contributed by atoms with Crippen LogP contribution in [0.25, 0.3) is 0 Å². The minimum Gasteiger partial charge on any atom is -0.481 e. The van der Waals surface area contributed by atoms with E-state index in [9.17, 15) is 14.7 Å². The van der Waals surface area contributed by atoms with Crippen molar-refractivity contribution in [1.82, 2.24) is 0 Å². The first-order valence-corrected chi connectivity index (χ1v) is 10.7. The number of unbranched alkanes of at least 4 members (excludes halogenated alkanes) is 3. The van der Waals surface area contributed by atoms with E-state index in [1.807, 2.05) is 6.08 Å². The fourth-order valence-corrected chi connectivity index (χ4v) is 5.36. The number of carboxylic acids is 1. The Labute approximate surface area is 157 Å². The second kappa shape index (κ2) is 9.16. The SMILES string of the molecule is O=C(O)CCCCCCC1C(=O)CCC1/C=C/C(O)C1CC2CCC2C1. The maximum absolute atomic E-state index is 12.2. The summed E-state index contributed by atoms with van der Waals surface area (Å²) < 4.78 is 0. The van der Waals surface area contributed by atoms with Gasteiger partial charge < -0.3 is 10.2 Å². The van der Waals surface area contributed by atoms with E-state index in [4.69, 9.17) is 5.11 Å². The Morgan fingerprint density at radius 3 is 2.42 bits per heavy atom. The van der Waals surface area contributed by atoms with Crippen molar-refractivity contribution in [1.29, 1.82) is 0 Å². The molecule has 0 aliphatic heterocycles. The van der Waals surface area contributed by atoms with Crippen molar-refractivity contribution in [3.63, 3.8) is 0 Å². The number of fused-ring (bicyclic) bond motifs is 1. The molecule has 0 aromatic rings. The number of carbonyl (C=O) groups is 2. The summed E-state index contributed by atoms with van der Waals surface area (Å²) in [5, 5.41) is 19.2. The Balaban J connectivity index is 1.39. The van der Waals surface area contributed by atoms with Crippen LogP contribution in [0.4, 0.5) is 0 Å². The number of allylic oxidation sites excluding steroid dienone is 1. The molecule has 0 aromatic heterocycles. The van der Waals surface area contributed by atoms with Gasteiger partial charge in [-0.05, 0) is 68.6 Å². The second-order valence-electron chi connectivity index (χ2n) is 8.83. The summed E-state index contributed by atoms with van der Waals surface area (Å²) in [6.45, 7) is 0. The molecule has 0 spiro atoms. The lowest BCUT2D eigenvalue weighted by atomic mass is 9.77. The van der Waals surface area contributed by atoms with E-state index in [-0.39, 0.29) is 24.4 Å². The molecule has 4 nitrogen and oxygen atoms in total. The normalized spacial score (nSPS) is 34.8. The van der Waals surface area contributed by atoms with E-state index in [0.717, 1.165) is 50.4 Å². The molecule has 146 valence electrons. The van der Waals surface area contributed by atoms with Crippen LogP contribution in [0.5, 0.6) is 0 Å². The van der Waals surface area contributed by atoms with Gasteiger partial charge in [0.15, 0.2) is 0 Å². The first-order chi connectivity index (χ1) is 12.5. The van der Waals surface area contributed by atoms with Gasteiger partial charge in [0.1, 0.15) is 5.78 Å². The number of carboxylic acid groups (broad SMARTS) is 1. The molecule has 3 fully saturated rings. The van der Waals surface area contributed by atoms with Crippen LogP contribution in [0.2, 0.25) is 0 Å². The molecule has 0 radical (unpaired) electrons. The van der Waals surface area contributed by atoms with Crippen molar-refractivity contribution in [2.24, 2.45) is 29.6 Å². The number of hydrogen-bond donors (Lipinski definition) is 2. The van der Waals surface area contributed by atoms with E-state index in [2.05, 4.69) is 6.08 Å². The van der Waals surface area contributed by atoms with Crippen molar-refractivity contribution in [2.45, 2.75) is 83.2 Å². The molecule has 0 amide bonds. The predicted molar refractivity (Wildman–Crippen MR) is 101 cm³/mol. The largest absolute Gasteiger partial charge is 0.481 e. The van der Waals surface area contributed by atoms with Gasteiger partial charge in [-0.25, -0.2) is 0 Å². The summed E-state index contributed by atoms with van der Waals surface area (Å²) in [5.74, 6) is 2.20. The quantitative estimate of drug-likeness (QED) is 0.447. The Kier molecular flexibility index (Phi) is 6.91. The lowest BCUT2D eigenvalue weighted by molar-refractivity contribution is -0.137. The first kappa shape index (κ1) is 19.6. The number of rotatable bonds is 10. The van der Waals surface area contributed by atoms with E-state index in [0.29, 0.717) is 18.1 Å². The molecule has 3 aliphatic carbocycles. The number of ketones is 1. The highest BCUT2D eigenvalue weighted by Crippen LogP contribution is 2.50. The maximum Gasteiger partial charge on any atom is 0.303 e. The van der Waals surface area contributed by atoms with Gasteiger partial charge in [0.05, 0.1) is 6.10 Å². The fourth-order valence-electron chi connectivity index (χ4n) is 5.36. The van der Waals surface area contributed by atoms with Crippen molar-refractivity contribution < 1.29 is 19.8 Å². The van der Waals surface area contributed by atoms with Crippen LogP contribution in [0.15, 0.2) is 12.2 Å². The fraction of sp³-hybridized carbons (Fsp3) is 0.818.